The summed E-state index contributed by atoms with van der Waals surface area (Å²) in [6, 6.07) is 41.9. The second kappa shape index (κ2) is 10.2. The third-order valence-electron chi connectivity index (χ3n) is 7.48. The normalized spacial score (nSPS) is 11.8. The first-order chi connectivity index (χ1) is 19.7. The van der Waals surface area contributed by atoms with Crippen LogP contribution in [0.4, 0.5) is 0 Å². The molecule has 0 atom stereocenters. The van der Waals surface area contributed by atoms with Crippen molar-refractivity contribution in [1.82, 2.24) is 0 Å². The molecule has 0 fully saturated rings. The molecule has 0 amide bonds. The van der Waals surface area contributed by atoms with Crippen molar-refractivity contribution >= 4 is 57.8 Å². The second-order valence-electron chi connectivity index (χ2n) is 9.87. The van der Waals surface area contributed by atoms with Gasteiger partial charge in [0.2, 0.25) is 0 Å². The number of allylic oxidation sites excluding steroid dienone is 4. The van der Waals surface area contributed by atoms with Crippen LogP contribution in [0, 0.1) is 0 Å². The molecule has 0 aliphatic rings. The fourth-order valence-electron chi connectivity index (χ4n) is 5.36. The Bertz CT molecular complexity index is 2050. The summed E-state index contributed by atoms with van der Waals surface area (Å²) in [7, 11) is 0. The van der Waals surface area contributed by atoms with E-state index in [1.165, 1.54) is 63.0 Å². The Morgan fingerprint density at radius 2 is 0.950 bits per heavy atom. The van der Waals surface area contributed by atoms with E-state index < -0.39 is 0 Å². The fraction of sp³-hybridized carbons (Fsp3) is 0. The molecular formula is C38H26S2. The molecule has 0 spiro atoms. The van der Waals surface area contributed by atoms with Crippen LogP contribution in [-0.2, 0) is 0 Å². The van der Waals surface area contributed by atoms with E-state index in [4.69, 9.17) is 0 Å². The molecule has 7 rings (SSSR count). The number of thiophene rings is 2. The standard InChI is InChI=1S/C38H26S2/c1-3-8-25(4-2)27-11-15-29(16-12-27)31-19-21-33-35(23-31)39-38-34-22-20-32(24-36(34)40-37(33)38)30-17-13-28(14-18-30)26-9-6-5-7-10-26/h3-24H,1-2H2/b25-8+. The third-order valence-corrected chi connectivity index (χ3v) is 9.98. The van der Waals surface area contributed by atoms with Gasteiger partial charge in [-0.25, -0.2) is 0 Å². The van der Waals surface area contributed by atoms with Crippen LogP contribution in [0.1, 0.15) is 5.56 Å². The van der Waals surface area contributed by atoms with Crippen molar-refractivity contribution in [3.8, 4) is 33.4 Å². The van der Waals surface area contributed by atoms with Crippen molar-refractivity contribution in [3.05, 3.63) is 152 Å². The highest BCUT2D eigenvalue weighted by Crippen LogP contribution is 2.46. The van der Waals surface area contributed by atoms with Gasteiger partial charge in [-0.05, 0) is 56.6 Å². The molecule has 190 valence electrons. The summed E-state index contributed by atoms with van der Waals surface area (Å²) >= 11 is 3.81. The lowest BCUT2D eigenvalue weighted by Gasteiger charge is -2.06. The van der Waals surface area contributed by atoms with E-state index in [0.29, 0.717) is 0 Å². The predicted molar refractivity (Wildman–Crippen MR) is 179 cm³/mol. The number of rotatable bonds is 6. The van der Waals surface area contributed by atoms with E-state index in [2.05, 4.69) is 128 Å². The van der Waals surface area contributed by atoms with Crippen molar-refractivity contribution in [3.63, 3.8) is 0 Å². The van der Waals surface area contributed by atoms with E-state index in [1.807, 2.05) is 34.8 Å². The Labute approximate surface area is 242 Å². The first-order valence-electron chi connectivity index (χ1n) is 13.3. The lowest BCUT2D eigenvalue weighted by atomic mass is 9.99. The van der Waals surface area contributed by atoms with Gasteiger partial charge >= 0.3 is 0 Å². The highest BCUT2D eigenvalue weighted by atomic mass is 32.1. The summed E-state index contributed by atoms with van der Waals surface area (Å²) in [5.41, 5.74) is 9.69. The molecule has 0 N–H and O–H groups in total. The highest BCUT2D eigenvalue weighted by molar-refractivity contribution is 7.36. The molecule has 0 aliphatic carbocycles. The Morgan fingerprint density at radius 1 is 0.500 bits per heavy atom. The first-order valence-corrected chi connectivity index (χ1v) is 15.0. The zero-order valence-electron chi connectivity index (χ0n) is 21.9. The van der Waals surface area contributed by atoms with Crippen LogP contribution >= 0.6 is 22.7 Å². The maximum atomic E-state index is 3.93. The van der Waals surface area contributed by atoms with Gasteiger partial charge in [-0.2, -0.15) is 0 Å². The molecule has 2 heterocycles. The van der Waals surface area contributed by atoms with E-state index in [9.17, 15) is 0 Å². The average molecular weight is 547 g/mol. The van der Waals surface area contributed by atoms with Crippen LogP contribution < -0.4 is 0 Å². The lowest BCUT2D eigenvalue weighted by molar-refractivity contribution is 1.60. The molecule has 2 heteroatoms. The van der Waals surface area contributed by atoms with Crippen LogP contribution in [-0.4, -0.2) is 0 Å². The maximum Gasteiger partial charge on any atom is 0.0542 e. The minimum absolute atomic E-state index is 1.08. The molecule has 0 aliphatic heterocycles. The molecule has 0 saturated carbocycles. The topological polar surface area (TPSA) is 0 Å². The Kier molecular flexibility index (Phi) is 6.28. The summed E-state index contributed by atoms with van der Waals surface area (Å²) in [4.78, 5) is 0. The quantitative estimate of drug-likeness (QED) is 0.182. The van der Waals surface area contributed by atoms with Crippen LogP contribution in [0.5, 0.6) is 0 Å². The van der Waals surface area contributed by atoms with E-state index >= 15 is 0 Å². The molecule has 5 aromatic carbocycles. The van der Waals surface area contributed by atoms with Gasteiger partial charge in [0, 0.05) is 20.2 Å². The Hall–Kier alpha value is -4.50. The van der Waals surface area contributed by atoms with Gasteiger partial charge in [-0.15, -0.1) is 22.7 Å². The van der Waals surface area contributed by atoms with Crippen molar-refractivity contribution < 1.29 is 0 Å². The highest BCUT2D eigenvalue weighted by Gasteiger charge is 2.14. The summed E-state index contributed by atoms with van der Waals surface area (Å²) in [5, 5.41) is 2.70. The predicted octanol–water partition coefficient (Wildman–Crippen LogP) is 12.0. The van der Waals surface area contributed by atoms with Gasteiger partial charge in [0.05, 0.1) is 9.40 Å². The zero-order valence-corrected chi connectivity index (χ0v) is 23.6. The second-order valence-corrected chi connectivity index (χ2v) is 12.0. The van der Waals surface area contributed by atoms with Crippen LogP contribution in [0.2, 0.25) is 0 Å². The molecule has 0 nitrogen and oxygen atoms in total. The summed E-state index contributed by atoms with van der Waals surface area (Å²) in [6.07, 6.45) is 5.66. The van der Waals surface area contributed by atoms with Crippen LogP contribution in [0.3, 0.4) is 0 Å². The monoisotopic (exact) mass is 546 g/mol. The van der Waals surface area contributed by atoms with Gasteiger partial charge in [-0.3, -0.25) is 0 Å². The molecule has 0 bridgehead atoms. The minimum atomic E-state index is 1.08. The van der Waals surface area contributed by atoms with Crippen molar-refractivity contribution in [2.24, 2.45) is 0 Å². The molecule has 2 aromatic heterocycles. The van der Waals surface area contributed by atoms with Crippen molar-refractivity contribution in [2.45, 2.75) is 0 Å². The largest absolute Gasteiger partial charge is 0.134 e. The van der Waals surface area contributed by atoms with Crippen LogP contribution in [0.25, 0.3) is 68.5 Å². The van der Waals surface area contributed by atoms with Crippen LogP contribution in [0.15, 0.2) is 147 Å². The van der Waals surface area contributed by atoms with Gasteiger partial charge in [0.25, 0.3) is 0 Å². The van der Waals surface area contributed by atoms with E-state index in [0.717, 1.165) is 11.1 Å². The van der Waals surface area contributed by atoms with Gasteiger partial charge in [-0.1, -0.05) is 135 Å². The smallest absolute Gasteiger partial charge is 0.0542 e. The SMILES string of the molecule is C=C/C=C(\C=C)c1ccc(-c2ccc3c(c2)sc2c4ccc(-c5ccc(-c6ccccc6)cc5)cc4sc32)cc1. The van der Waals surface area contributed by atoms with Gasteiger partial charge in [0.1, 0.15) is 0 Å². The Balaban J connectivity index is 1.21. The molecule has 0 radical (unpaired) electrons. The molecule has 40 heavy (non-hydrogen) atoms. The minimum Gasteiger partial charge on any atom is -0.134 e. The number of hydrogen-bond acceptors (Lipinski definition) is 2. The number of benzene rings is 5. The molecule has 7 aromatic rings. The fourth-order valence-corrected chi connectivity index (χ4v) is 8.10. The summed E-state index contributed by atoms with van der Waals surface area (Å²) in [6.45, 7) is 7.74. The lowest BCUT2D eigenvalue weighted by Crippen LogP contribution is -1.82. The Morgan fingerprint density at radius 3 is 1.45 bits per heavy atom. The summed E-state index contributed by atoms with van der Waals surface area (Å²) in [5.74, 6) is 0. The van der Waals surface area contributed by atoms with Crippen molar-refractivity contribution in [1.29, 1.82) is 0 Å². The van der Waals surface area contributed by atoms with Gasteiger partial charge in [0.15, 0.2) is 0 Å². The molecule has 0 saturated heterocycles. The number of hydrogen-bond donors (Lipinski definition) is 0. The first kappa shape index (κ1) is 24.5. The number of fused-ring (bicyclic) bond motifs is 5. The maximum absolute atomic E-state index is 3.93. The summed E-state index contributed by atoms with van der Waals surface area (Å²) < 4.78 is 5.46. The zero-order chi connectivity index (χ0) is 27.1. The van der Waals surface area contributed by atoms with E-state index in [-0.39, 0.29) is 0 Å². The molecule has 0 unspecified atom stereocenters. The van der Waals surface area contributed by atoms with E-state index in [1.54, 1.807) is 6.08 Å². The average Bonchev–Trinajstić information content (AvgIpc) is 3.55. The van der Waals surface area contributed by atoms with Gasteiger partial charge < -0.3 is 0 Å². The molecular weight excluding hydrogens is 521 g/mol. The van der Waals surface area contributed by atoms with Crippen molar-refractivity contribution in [2.75, 3.05) is 0 Å². The third kappa shape index (κ3) is 4.32.